The number of aliphatic imine (C=N–C) groups is 1. The Hall–Kier alpha value is -0.790. The van der Waals surface area contributed by atoms with E-state index in [1.807, 2.05) is 6.08 Å². The van der Waals surface area contributed by atoms with Crippen molar-refractivity contribution in [2.45, 2.75) is 103 Å². The maximum atomic E-state index is 5.24. The second-order valence-electron chi connectivity index (χ2n) is 6.57. The molecule has 0 saturated heterocycles. The second kappa shape index (κ2) is 15.1. The van der Waals surface area contributed by atoms with Crippen LogP contribution in [0.15, 0.2) is 17.3 Å². The SMILES string of the molecule is CCCCCCCCCCCCCCCCN=C1CC=CO1. The summed E-state index contributed by atoms with van der Waals surface area (Å²) < 4.78 is 5.24. The minimum Gasteiger partial charge on any atom is -0.451 e. The highest BCUT2D eigenvalue weighted by atomic mass is 16.5. The smallest absolute Gasteiger partial charge is 0.193 e. The summed E-state index contributed by atoms with van der Waals surface area (Å²) in [6.07, 6.45) is 24.4. The molecule has 0 aromatic rings. The highest BCUT2D eigenvalue weighted by Crippen LogP contribution is 2.13. The number of ether oxygens (including phenoxy) is 1. The molecule has 0 radical (unpaired) electrons. The van der Waals surface area contributed by atoms with E-state index in [1.165, 1.54) is 89.9 Å². The lowest BCUT2D eigenvalue weighted by molar-refractivity contribution is 0.477. The van der Waals surface area contributed by atoms with Gasteiger partial charge in [0.25, 0.3) is 0 Å². The average Bonchev–Trinajstić information content (AvgIpc) is 3.04. The Kier molecular flexibility index (Phi) is 13.2. The van der Waals surface area contributed by atoms with Crippen LogP contribution in [0.2, 0.25) is 0 Å². The number of hydrogen-bond donors (Lipinski definition) is 0. The summed E-state index contributed by atoms with van der Waals surface area (Å²) in [6.45, 7) is 3.23. The van der Waals surface area contributed by atoms with Crippen LogP contribution < -0.4 is 0 Å². The van der Waals surface area contributed by atoms with Crippen molar-refractivity contribution in [2.75, 3.05) is 6.54 Å². The molecular weight excluding hydrogens is 270 g/mol. The molecule has 2 nitrogen and oxygen atoms in total. The van der Waals surface area contributed by atoms with E-state index in [-0.39, 0.29) is 0 Å². The standard InChI is InChI=1S/C20H37NO/c1-2-3-4-5-6-7-8-9-10-11-12-13-14-15-18-21-20-17-16-19-22-20/h16,19H,2-15,17-18H2,1H3. The van der Waals surface area contributed by atoms with Crippen LogP contribution in [-0.2, 0) is 4.74 Å². The molecule has 0 aliphatic carbocycles. The Morgan fingerprint density at radius 2 is 1.27 bits per heavy atom. The van der Waals surface area contributed by atoms with E-state index in [4.69, 9.17) is 4.74 Å². The van der Waals surface area contributed by atoms with Gasteiger partial charge in [-0.2, -0.15) is 0 Å². The Morgan fingerprint density at radius 1 is 0.773 bits per heavy atom. The third-order valence-electron chi connectivity index (χ3n) is 4.39. The summed E-state index contributed by atoms with van der Waals surface area (Å²) in [5, 5.41) is 0. The van der Waals surface area contributed by atoms with Crippen molar-refractivity contribution in [2.24, 2.45) is 4.99 Å². The van der Waals surface area contributed by atoms with E-state index in [1.54, 1.807) is 6.26 Å². The van der Waals surface area contributed by atoms with Crippen LogP contribution in [0.5, 0.6) is 0 Å². The predicted octanol–water partition coefficient (Wildman–Crippen LogP) is 6.80. The molecule has 0 atom stereocenters. The van der Waals surface area contributed by atoms with Gasteiger partial charge in [0.2, 0.25) is 0 Å². The van der Waals surface area contributed by atoms with Gasteiger partial charge in [0.05, 0.1) is 6.26 Å². The highest BCUT2D eigenvalue weighted by Gasteiger charge is 2.01. The van der Waals surface area contributed by atoms with Gasteiger partial charge < -0.3 is 4.74 Å². The summed E-state index contributed by atoms with van der Waals surface area (Å²) in [7, 11) is 0. The maximum Gasteiger partial charge on any atom is 0.193 e. The molecule has 1 heterocycles. The molecule has 0 amide bonds. The Morgan fingerprint density at radius 3 is 1.73 bits per heavy atom. The summed E-state index contributed by atoms with van der Waals surface area (Å²) >= 11 is 0. The van der Waals surface area contributed by atoms with E-state index in [2.05, 4.69) is 11.9 Å². The van der Waals surface area contributed by atoms with Gasteiger partial charge >= 0.3 is 0 Å². The number of nitrogens with zero attached hydrogens (tertiary/aromatic N) is 1. The summed E-state index contributed by atoms with van der Waals surface area (Å²) in [5.74, 6) is 0.898. The van der Waals surface area contributed by atoms with Gasteiger partial charge in [0, 0.05) is 13.0 Å². The largest absolute Gasteiger partial charge is 0.451 e. The molecule has 0 N–H and O–H groups in total. The van der Waals surface area contributed by atoms with Crippen LogP contribution in [0.25, 0.3) is 0 Å². The number of rotatable bonds is 15. The monoisotopic (exact) mass is 307 g/mol. The quantitative estimate of drug-likeness (QED) is 0.305. The minimum atomic E-state index is 0.888. The Bertz CT molecular complexity index is 286. The minimum absolute atomic E-state index is 0.888. The number of hydrogen-bond acceptors (Lipinski definition) is 2. The molecule has 0 fully saturated rings. The lowest BCUT2D eigenvalue weighted by Crippen LogP contribution is -1.95. The summed E-state index contributed by atoms with van der Waals surface area (Å²) in [6, 6.07) is 0. The molecule has 1 aliphatic rings. The van der Waals surface area contributed by atoms with Crippen molar-refractivity contribution in [3.63, 3.8) is 0 Å². The molecular formula is C20H37NO. The zero-order chi connectivity index (χ0) is 15.7. The van der Waals surface area contributed by atoms with Crippen molar-refractivity contribution in [3.8, 4) is 0 Å². The third-order valence-corrected chi connectivity index (χ3v) is 4.39. The normalized spacial score (nSPS) is 15.6. The van der Waals surface area contributed by atoms with E-state index in [9.17, 15) is 0 Å². The lowest BCUT2D eigenvalue weighted by Gasteiger charge is -2.03. The van der Waals surface area contributed by atoms with Crippen LogP contribution in [-0.4, -0.2) is 12.4 Å². The van der Waals surface area contributed by atoms with Gasteiger partial charge in [-0.1, -0.05) is 90.4 Å². The van der Waals surface area contributed by atoms with Crippen LogP contribution in [0.1, 0.15) is 103 Å². The van der Waals surface area contributed by atoms with E-state index >= 15 is 0 Å². The lowest BCUT2D eigenvalue weighted by atomic mass is 10.0. The van der Waals surface area contributed by atoms with Gasteiger partial charge in [-0.05, 0) is 12.5 Å². The topological polar surface area (TPSA) is 21.6 Å². The van der Waals surface area contributed by atoms with Gasteiger partial charge in [-0.3, -0.25) is 4.99 Å². The van der Waals surface area contributed by atoms with Crippen molar-refractivity contribution in [1.29, 1.82) is 0 Å². The van der Waals surface area contributed by atoms with Gasteiger partial charge in [-0.25, -0.2) is 0 Å². The summed E-state index contributed by atoms with van der Waals surface area (Å²) in [5.41, 5.74) is 0. The van der Waals surface area contributed by atoms with Crippen molar-refractivity contribution < 1.29 is 4.74 Å². The number of unbranched alkanes of at least 4 members (excludes halogenated alkanes) is 13. The molecule has 1 aliphatic heterocycles. The fraction of sp³-hybridized carbons (Fsp3) is 0.850. The maximum absolute atomic E-state index is 5.24. The van der Waals surface area contributed by atoms with Gasteiger partial charge in [-0.15, -0.1) is 0 Å². The molecule has 0 aromatic carbocycles. The van der Waals surface area contributed by atoms with E-state index < -0.39 is 0 Å². The molecule has 0 saturated carbocycles. The first kappa shape index (κ1) is 19.3. The fourth-order valence-electron chi connectivity index (χ4n) is 2.94. The Labute approximate surface area is 138 Å². The fourth-order valence-corrected chi connectivity index (χ4v) is 2.94. The molecule has 0 unspecified atom stereocenters. The predicted molar refractivity (Wildman–Crippen MR) is 97.5 cm³/mol. The molecule has 0 aromatic heterocycles. The first-order valence-electron chi connectivity index (χ1n) is 9.78. The highest BCUT2D eigenvalue weighted by molar-refractivity contribution is 5.80. The van der Waals surface area contributed by atoms with E-state index in [0.717, 1.165) is 18.9 Å². The average molecular weight is 308 g/mol. The van der Waals surface area contributed by atoms with Crippen LogP contribution in [0.3, 0.4) is 0 Å². The van der Waals surface area contributed by atoms with Crippen molar-refractivity contribution in [3.05, 3.63) is 12.3 Å². The van der Waals surface area contributed by atoms with Crippen molar-refractivity contribution in [1.82, 2.24) is 0 Å². The third kappa shape index (κ3) is 11.8. The Balaban J connectivity index is 1.69. The van der Waals surface area contributed by atoms with Gasteiger partial charge in [0.1, 0.15) is 0 Å². The van der Waals surface area contributed by atoms with Gasteiger partial charge in [0.15, 0.2) is 5.90 Å². The molecule has 0 spiro atoms. The molecule has 22 heavy (non-hydrogen) atoms. The summed E-state index contributed by atoms with van der Waals surface area (Å²) in [4.78, 5) is 4.45. The van der Waals surface area contributed by atoms with Crippen LogP contribution >= 0.6 is 0 Å². The molecule has 2 heteroatoms. The first-order valence-corrected chi connectivity index (χ1v) is 9.78. The molecule has 128 valence electrons. The zero-order valence-electron chi connectivity index (χ0n) is 14.8. The molecule has 1 rings (SSSR count). The zero-order valence-corrected chi connectivity index (χ0v) is 14.8. The van der Waals surface area contributed by atoms with Crippen LogP contribution in [0, 0.1) is 0 Å². The van der Waals surface area contributed by atoms with Crippen molar-refractivity contribution >= 4 is 5.90 Å². The first-order chi connectivity index (χ1) is 10.9. The van der Waals surface area contributed by atoms with E-state index in [0.29, 0.717) is 0 Å². The van der Waals surface area contributed by atoms with Crippen LogP contribution in [0.4, 0.5) is 0 Å². The second-order valence-corrected chi connectivity index (χ2v) is 6.57. The molecule has 0 bridgehead atoms.